The van der Waals surface area contributed by atoms with Gasteiger partial charge < -0.3 is 10.4 Å². The van der Waals surface area contributed by atoms with Crippen LogP contribution in [-0.2, 0) is 14.9 Å². The first kappa shape index (κ1) is 29.3. The van der Waals surface area contributed by atoms with Gasteiger partial charge in [0.2, 0.25) is 5.91 Å². The summed E-state index contributed by atoms with van der Waals surface area (Å²) in [4.78, 5) is 12.2. The van der Waals surface area contributed by atoms with E-state index in [1.165, 1.54) is 44.9 Å². The van der Waals surface area contributed by atoms with Gasteiger partial charge in [-0.05, 0) is 12.8 Å². The van der Waals surface area contributed by atoms with Crippen molar-refractivity contribution in [1.29, 1.82) is 0 Å². The van der Waals surface area contributed by atoms with Crippen LogP contribution in [0, 0.1) is 0 Å². The van der Waals surface area contributed by atoms with Crippen LogP contribution in [0.3, 0.4) is 0 Å². The summed E-state index contributed by atoms with van der Waals surface area (Å²) >= 11 is 0. The molecule has 0 spiro atoms. The number of hydrogen-bond acceptors (Lipinski definition) is 4. The summed E-state index contributed by atoms with van der Waals surface area (Å²) in [7, 11) is -4.27. The molecule has 6 nitrogen and oxygen atoms in total. The van der Waals surface area contributed by atoms with Crippen LogP contribution in [0.4, 0.5) is 0 Å². The molecule has 2 atom stereocenters. The molecule has 3 N–H and O–H groups in total. The van der Waals surface area contributed by atoms with Gasteiger partial charge in [-0.15, -0.1) is 0 Å². The molecule has 180 valence electrons. The van der Waals surface area contributed by atoms with E-state index >= 15 is 0 Å². The zero-order valence-electron chi connectivity index (χ0n) is 19.4. The standard InChI is InChI=1S/C23H47NO5S/c1-3-5-7-9-10-11-12-13-15-17-19-23(26)24-21(20-30(27,28)29)22(25)18-16-14-8-6-4-2/h21-22,25H,3-20H2,1-2H3,(H,24,26)(H,27,28,29). The number of rotatable bonds is 21. The second kappa shape index (κ2) is 19.1. The Balaban J connectivity index is 4.08. The van der Waals surface area contributed by atoms with E-state index in [0.29, 0.717) is 12.8 Å². The van der Waals surface area contributed by atoms with Gasteiger partial charge >= 0.3 is 0 Å². The maximum atomic E-state index is 12.2. The molecule has 2 unspecified atom stereocenters. The van der Waals surface area contributed by atoms with Crippen molar-refractivity contribution in [2.24, 2.45) is 0 Å². The smallest absolute Gasteiger partial charge is 0.266 e. The maximum absolute atomic E-state index is 12.2. The van der Waals surface area contributed by atoms with Crippen molar-refractivity contribution in [2.75, 3.05) is 5.75 Å². The first-order chi connectivity index (χ1) is 14.3. The molecule has 0 rings (SSSR count). The molecular weight excluding hydrogens is 402 g/mol. The van der Waals surface area contributed by atoms with Crippen molar-refractivity contribution in [1.82, 2.24) is 5.32 Å². The Bertz CT molecular complexity index is 510. The summed E-state index contributed by atoms with van der Waals surface area (Å²) in [5, 5.41) is 13.0. The highest BCUT2D eigenvalue weighted by Crippen LogP contribution is 2.13. The molecule has 30 heavy (non-hydrogen) atoms. The summed E-state index contributed by atoms with van der Waals surface area (Å²) in [5.74, 6) is -0.902. The molecular formula is C23H47NO5S. The van der Waals surface area contributed by atoms with Gasteiger partial charge in [0.15, 0.2) is 0 Å². The van der Waals surface area contributed by atoms with E-state index in [9.17, 15) is 18.3 Å². The lowest BCUT2D eigenvalue weighted by atomic mass is 10.0. The monoisotopic (exact) mass is 449 g/mol. The molecule has 0 fully saturated rings. The predicted molar refractivity (Wildman–Crippen MR) is 124 cm³/mol. The lowest BCUT2D eigenvalue weighted by molar-refractivity contribution is -0.122. The highest BCUT2D eigenvalue weighted by molar-refractivity contribution is 7.85. The van der Waals surface area contributed by atoms with Gasteiger partial charge in [0.05, 0.1) is 17.9 Å². The molecule has 0 aliphatic carbocycles. The van der Waals surface area contributed by atoms with Crippen LogP contribution in [0.15, 0.2) is 0 Å². The fraction of sp³-hybridized carbons (Fsp3) is 0.957. The molecule has 0 radical (unpaired) electrons. The number of nitrogens with one attached hydrogen (secondary N) is 1. The lowest BCUT2D eigenvalue weighted by Crippen LogP contribution is -2.47. The normalized spacial score (nSPS) is 13.9. The molecule has 0 aromatic heterocycles. The molecule has 1 amide bonds. The predicted octanol–water partition coefficient (Wildman–Crippen LogP) is 5.39. The third kappa shape index (κ3) is 19.3. The average Bonchev–Trinajstić information content (AvgIpc) is 2.67. The summed E-state index contributed by atoms with van der Waals surface area (Å²) in [5.41, 5.74) is 0. The van der Waals surface area contributed by atoms with E-state index < -0.39 is 28.0 Å². The minimum Gasteiger partial charge on any atom is -0.391 e. The van der Waals surface area contributed by atoms with Gasteiger partial charge in [0, 0.05) is 6.42 Å². The number of carbonyl (C=O) groups is 1. The van der Waals surface area contributed by atoms with E-state index in [-0.39, 0.29) is 5.91 Å². The summed E-state index contributed by atoms with van der Waals surface area (Å²) in [6, 6.07) is -0.957. The first-order valence-corrected chi connectivity index (χ1v) is 13.8. The van der Waals surface area contributed by atoms with E-state index in [0.717, 1.165) is 51.4 Å². The molecule has 0 aliphatic heterocycles. The van der Waals surface area contributed by atoms with Gasteiger partial charge in [0.1, 0.15) is 0 Å². The van der Waals surface area contributed by atoms with Crippen molar-refractivity contribution in [3.63, 3.8) is 0 Å². The van der Waals surface area contributed by atoms with Crippen molar-refractivity contribution in [3.8, 4) is 0 Å². The average molecular weight is 450 g/mol. The Morgan fingerprint density at radius 1 is 0.767 bits per heavy atom. The van der Waals surface area contributed by atoms with Crippen LogP contribution >= 0.6 is 0 Å². The SMILES string of the molecule is CCCCCCCCCCCCC(=O)NC(CS(=O)(=O)O)C(O)CCCCCCC. The Labute approximate surface area is 185 Å². The van der Waals surface area contributed by atoms with Crippen LogP contribution < -0.4 is 5.32 Å². The Morgan fingerprint density at radius 3 is 1.67 bits per heavy atom. The Kier molecular flexibility index (Phi) is 18.6. The molecule has 0 aliphatic rings. The van der Waals surface area contributed by atoms with Crippen LogP contribution in [0.5, 0.6) is 0 Å². The first-order valence-electron chi connectivity index (χ1n) is 12.2. The highest BCUT2D eigenvalue weighted by atomic mass is 32.2. The molecule has 0 bridgehead atoms. The van der Waals surface area contributed by atoms with Gasteiger partial charge in [-0.1, -0.05) is 104 Å². The van der Waals surface area contributed by atoms with Gasteiger partial charge in [-0.2, -0.15) is 8.42 Å². The number of amides is 1. The molecule has 0 heterocycles. The van der Waals surface area contributed by atoms with Crippen molar-refractivity contribution in [2.45, 2.75) is 135 Å². The topological polar surface area (TPSA) is 104 Å². The third-order valence-electron chi connectivity index (χ3n) is 5.56. The van der Waals surface area contributed by atoms with Crippen molar-refractivity contribution < 1.29 is 22.9 Å². The minimum absolute atomic E-state index is 0.256. The molecule has 0 saturated heterocycles. The van der Waals surface area contributed by atoms with Crippen molar-refractivity contribution in [3.05, 3.63) is 0 Å². The molecule has 0 aromatic carbocycles. The van der Waals surface area contributed by atoms with E-state index in [4.69, 9.17) is 4.55 Å². The Morgan fingerprint density at radius 2 is 1.20 bits per heavy atom. The zero-order chi connectivity index (χ0) is 22.7. The number of carbonyl (C=O) groups excluding carboxylic acids is 1. The second-order valence-electron chi connectivity index (χ2n) is 8.62. The number of unbranched alkanes of at least 4 members (excludes halogenated alkanes) is 13. The minimum atomic E-state index is -4.27. The van der Waals surface area contributed by atoms with E-state index in [1.807, 2.05) is 0 Å². The van der Waals surface area contributed by atoms with Crippen LogP contribution in [0.2, 0.25) is 0 Å². The van der Waals surface area contributed by atoms with E-state index in [1.54, 1.807) is 0 Å². The summed E-state index contributed by atoms with van der Waals surface area (Å²) in [6.45, 7) is 4.34. The van der Waals surface area contributed by atoms with Crippen LogP contribution in [0.1, 0.15) is 123 Å². The molecule has 0 aromatic rings. The number of aliphatic hydroxyl groups excluding tert-OH is 1. The second-order valence-corrected chi connectivity index (χ2v) is 10.1. The van der Waals surface area contributed by atoms with Gasteiger partial charge in [0.25, 0.3) is 10.1 Å². The van der Waals surface area contributed by atoms with E-state index in [2.05, 4.69) is 19.2 Å². The van der Waals surface area contributed by atoms with Crippen molar-refractivity contribution >= 4 is 16.0 Å². The fourth-order valence-electron chi connectivity index (χ4n) is 3.69. The largest absolute Gasteiger partial charge is 0.391 e. The summed E-state index contributed by atoms with van der Waals surface area (Å²) < 4.78 is 31.7. The van der Waals surface area contributed by atoms with Gasteiger partial charge in [-0.3, -0.25) is 9.35 Å². The fourth-order valence-corrected chi connectivity index (χ4v) is 4.45. The highest BCUT2D eigenvalue weighted by Gasteiger charge is 2.25. The molecule has 7 heteroatoms. The Hall–Kier alpha value is -0.660. The zero-order valence-corrected chi connectivity index (χ0v) is 20.2. The lowest BCUT2D eigenvalue weighted by Gasteiger charge is -2.23. The van der Waals surface area contributed by atoms with Crippen LogP contribution in [0.25, 0.3) is 0 Å². The maximum Gasteiger partial charge on any atom is 0.266 e. The van der Waals surface area contributed by atoms with Crippen LogP contribution in [-0.4, -0.2) is 41.9 Å². The quantitative estimate of drug-likeness (QED) is 0.161. The number of aliphatic hydroxyl groups is 1. The number of hydrogen-bond donors (Lipinski definition) is 3. The van der Waals surface area contributed by atoms with Gasteiger partial charge in [-0.25, -0.2) is 0 Å². The molecule has 0 saturated carbocycles. The third-order valence-corrected chi connectivity index (χ3v) is 6.34. The summed E-state index contributed by atoms with van der Waals surface area (Å²) in [6.07, 6.45) is 16.7.